The number of aryl methyl sites for hydroxylation is 1. The van der Waals surface area contributed by atoms with E-state index in [1.165, 1.54) is 5.52 Å². The summed E-state index contributed by atoms with van der Waals surface area (Å²) in [6, 6.07) is 9.36. The number of anilines is 1. The number of para-hydroxylation sites is 2. The molecule has 0 atom stereocenters. The van der Waals surface area contributed by atoms with E-state index >= 15 is 0 Å². The van der Waals surface area contributed by atoms with Crippen molar-refractivity contribution in [2.24, 2.45) is 7.05 Å². The average molecular weight is 274 g/mol. The predicted molar refractivity (Wildman–Crippen MR) is 86.2 cm³/mol. The molecular weight excluding hydrogens is 248 g/mol. The Labute approximate surface area is 121 Å². The lowest BCUT2D eigenvalue weighted by molar-refractivity contribution is 0.182. The third-order valence-corrected chi connectivity index (χ3v) is 3.77. The van der Waals surface area contributed by atoms with Crippen LogP contribution in [0.15, 0.2) is 24.3 Å². The van der Waals surface area contributed by atoms with Gasteiger partial charge in [0.15, 0.2) is 0 Å². The lowest BCUT2D eigenvalue weighted by atomic mass is 10.2. The van der Waals surface area contributed by atoms with E-state index in [9.17, 15) is 0 Å². The lowest BCUT2D eigenvalue weighted by Crippen LogP contribution is -2.40. The molecule has 4 nitrogen and oxygen atoms in total. The zero-order chi connectivity index (χ0) is 14.7. The summed E-state index contributed by atoms with van der Waals surface area (Å²) in [4.78, 5) is 7.11. The summed E-state index contributed by atoms with van der Waals surface area (Å²) in [5.74, 6) is 0.943. The number of fused-ring (bicyclic) bond motifs is 1. The monoisotopic (exact) mass is 274 g/mol. The van der Waals surface area contributed by atoms with Crippen molar-refractivity contribution in [1.82, 2.24) is 14.5 Å². The highest BCUT2D eigenvalue weighted by Gasteiger charge is 2.13. The quantitative estimate of drug-likeness (QED) is 0.878. The molecule has 1 aromatic carbocycles. The summed E-state index contributed by atoms with van der Waals surface area (Å²) in [6.45, 7) is 10.9. The first kappa shape index (κ1) is 14.9. The van der Waals surface area contributed by atoms with Crippen molar-refractivity contribution in [3.8, 4) is 0 Å². The van der Waals surface area contributed by atoms with Gasteiger partial charge in [0.2, 0.25) is 5.95 Å². The minimum Gasteiger partial charge on any atom is -0.354 e. The molecule has 110 valence electrons. The Bertz CT molecular complexity index is 549. The van der Waals surface area contributed by atoms with Crippen LogP contribution in [-0.2, 0) is 7.05 Å². The van der Waals surface area contributed by atoms with Gasteiger partial charge in [-0.3, -0.25) is 4.90 Å². The molecule has 0 saturated carbocycles. The van der Waals surface area contributed by atoms with Gasteiger partial charge in [-0.2, -0.15) is 0 Å². The molecule has 2 aromatic rings. The molecule has 1 N–H and O–H groups in total. The van der Waals surface area contributed by atoms with E-state index in [0.29, 0.717) is 12.1 Å². The van der Waals surface area contributed by atoms with Crippen LogP contribution in [-0.4, -0.2) is 39.6 Å². The van der Waals surface area contributed by atoms with E-state index in [1.807, 2.05) is 12.1 Å². The highest BCUT2D eigenvalue weighted by Crippen LogP contribution is 2.17. The zero-order valence-corrected chi connectivity index (χ0v) is 13.2. The Kier molecular flexibility index (Phi) is 4.65. The van der Waals surface area contributed by atoms with Gasteiger partial charge in [-0.1, -0.05) is 12.1 Å². The summed E-state index contributed by atoms with van der Waals surface area (Å²) in [5, 5.41) is 3.45. The largest absolute Gasteiger partial charge is 0.354 e. The van der Waals surface area contributed by atoms with Crippen LogP contribution in [0.25, 0.3) is 11.0 Å². The molecule has 4 heteroatoms. The Morgan fingerprint density at radius 3 is 2.40 bits per heavy atom. The molecule has 0 spiro atoms. The number of aromatic nitrogens is 2. The molecule has 1 aromatic heterocycles. The molecule has 1 heterocycles. The lowest BCUT2D eigenvalue weighted by Gasteiger charge is -2.30. The van der Waals surface area contributed by atoms with Crippen molar-refractivity contribution in [3.63, 3.8) is 0 Å². The molecule has 0 aliphatic carbocycles. The Hall–Kier alpha value is -1.55. The van der Waals surface area contributed by atoms with Crippen LogP contribution in [0.3, 0.4) is 0 Å². The van der Waals surface area contributed by atoms with Gasteiger partial charge < -0.3 is 9.88 Å². The number of rotatable bonds is 6. The summed E-state index contributed by atoms with van der Waals surface area (Å²) < 4.78 is 2.12. The van der Waals surface area contributed by atoms with Crippen LogP contribution in [0.4, 0.5) is 5.95 Å². The minimum absolute atomic E-state index is 0.567. The minimum atomic E-state index is 0.567. The standard InChI is InChI=1S/C16H26N4/c1-12(2)20(13(3)4)11-10-17-16-18-14-8-6-7-9-15(14)19(16)5/h6-9,12-13H,10-11H2,1-5H3,(H,17,18). The molecular formula is C16H26N4. The van der Waals surface area contributed by atoms with Crippen LogP contribution in [0.5, 0.6) is 0 Å². The van der Waals surface area contributed by atoms with Crippen molar-refractivity contribution >= 4 is 17.0 Å². The van der Waals surface area contributed by atoms with Crippen LogP contribution in [0.1, 0.15) is 27.7 Å². The van der Waals surface area contributed by atoms with Crippen LogP contribution >= 0.6 is 0 Å². The molecule has 0 bridgehead atoms. The number of nitrogens with zero attached hydrogens (tertiary/aromatic N) is 3. The number of benzene rings is 1. The molecule has 0 unspecified atom stereocenters. The maximum absolute atomic E-state index is 4.63. The first-order chi connectivity index (χ1) is 9.50. The van der Waals surface area contributed by atoms with E-state index in [4.69, 9.17) is 0 Å². The fraction of sp³-hybridized carbons (Fsp3) is 0.562. The van der Waals surface area contributed by atoms with Gasteiger partial charge in [0, 0.05) is 32.2 Å². The van der Waals surface area contributed by atoms with E-state index < -0.39 is 0 Å². The molecule has 0 amide bonds. The van der Waals surface area contributed by atoms with Crippen molar-refractivity contribution in [3.05, 3.63) is 24.3 Å². The molecule has 20 heavy (non-hydrogen) atoms. The van der Waals surface area contributed by atoms with E-state index in [2.05, 4.69) is 66.6 Å². The van der Waals surface area contributed by atoms with Gasteiger partial charge in [-0.15, -0.1) is 0 Å². The maximum atomic E-state index is 4.63. The van der Waals surface area contributed by atoms with Gasteiger partial charge in [0.25, 0.3) is 0 Å². The number of nitrogens with one attached hydrogen (secondary N) is 1. The molecule has 0 aliphatic rings. The summed E-state index contributed by atoms with van der Waals surface area (Å²) in [6.07, 6.45) is 0. The van der Waals surface area contributed by atoms with E-state index in [1.54, 1.807) is 0 Å². The summed E-state index contributed by atoms with van der Waals surface area (Å²) >= 11 is 0. The van der Waals surface area contributed by atoms with E-state index in [-0.39, 0.29) is 0 Å². The van der Waals surface area contributed by atoms with Crippen LogP contribution in [0, 0.1) is 0 Å². The zero-order valence-electron chi connectivity index (χ0n) is 13.2. The van der Waals surface area contributed by atoms with Crippen molar-refractivity contribution in [1.29, 1.82) is 0 Å². The number of hydrogen-bond acceptors (Lipinski definition) is 3. The third kappa shape index (κ3) is 3.12. The van der Waals surface area contributed by atoms with Crippen LogP contribution in [0.2, 0.25) is 0 Å². The molecule has 0 radical (unpaired) electrons. The predicted octanol–water partition coefficient (Wildman–Crippen LogP) is 3.10. The Morgan fingerprint density at radius 2 is 1.80 bits per heavy atom. The first-order valence-corrected chi connectivity index (χ1v) is 7.41. The third-order valence-electron chi connectivity index (χ3n) is 3.77. The second kappa shape index (κ2) is 6.27. The molecule has 0 saturated heterocycles. The highest BCUT2D eigenvalue weighted by molar-refractivity contribution is 5.78. The second-order valence-electron chi connectivity index (χ2n) is 5.84. The summed E-state index contributed by atoms with van der Waals surface area (Å²) in [7, 11) is 2.06. The van der Waals surface area contributed by atoms with Gasteiger partial charge in [0.1, 0.15) is 0 Å². The van der Waals surface area contributed by atoms with Crippen molar-refractivity contribution in [2.75, 3.05) is 18.4 Å². The van der Waals surface area contributed by atoms with Gasteiger partial charge in [-0.25, -0.2) is 4.98 Å². The number of imidazole rings is 1. The summed E-state index contributed by atoms with van der Waals surface area (Å²) in [5.41, 5.74) is 2.21. The van der Waals surface area contributed by atoms with Gasteiger partial charge in [-0.05, 0) is 39.8 Å². The van der Waals surface area contributed by atoms with Gasteiger partial charge in [0.05, 0.1) is 11.0 Å². The second-order valence-corrected chi connectivity index (χ2v) is 5.84. The SMILES string of the molecule is CC(C)N(CCNc1nc2ccccc2n1C)C(C)C. The van der Waals surface area contributed by atoms with Crippen LogP contribution < -0.4 is 5.32 Å². The fourth-order valence-electron chi connectivity index (χ4n) is 2.71. The highest BCUT2D eigenvalue weighted by atomic mass is 15.2. The molecule has 0 fully saturated rings. The fourth-order valence-corrected chi connectivity index (χ4v) is 2.71. The topological polar surface area (TPSA) is 33.1 Å². The van der Waals surface area contributed by atoms with Gasteiger partial charge >= 0.3 is 0 Å². The molecule has 0 aliphatic heterocycles. The van der Waals surface area contributed by atoms with E-state index in [0.717, 1.165) is 24.6 Å². The molecule has 2 rings (SSSR count). The first-order valence-electron chi connectivity index (χ1n) is 7.41. The number of hydrogen-bond donors (Lipinski definition) is 1. The normalized spacial score (nSPS) is 12.0. The Balaban J connectivity index is 2.01. The maximum Gasteiger partial charge on any atom is 0.203 e. The Morgan fingerprint density at radius 1 is 1.15 bits per heavy atom. The smallest absolute Gasteiger partial charge is 0.203 e. The van der Waals surface area contributed by atoms with Crippen molar-refractivity contribution < 1.29 is 0 Å². The average Bonchev–Trinajstić information content (AvgIpc) is 2.71. The van der Waals surface area contributed by atoms with Crippen molar-refractivity contribution in [2.45, 2.75) is 39.8 Å².